The molecule has 0 fully saturated rings. The summed E-state index contributed by atoms with van der Waals surface area (Å²) in [4.78, 5) is 2.37. The first-order valence-electron chi connectivity index (χ1n) is 6.63. The summed E-state index contributed by atoms with van der Waals surface area (Å²) in [6.45, 7) is 1.86. The molecule has 1 N–H and O–H groups in total. The molecule has 0 saturated carbocycles. The lowest BCUT2D eigenvalue weighted by Gasteiger charge is -2.09. The van der Waals surface area contributed by atoms with E-state index in [2.05, 4.69) is 25.9 Å². The van der Waals surface area contributed by atoms with Crippen LogP contribution in [0.2, 0.25) is 10.0 Å². The van der Waals surface area contributed by atoms with Gasteiger partial charge in [-0.1, -0.05) is 52.1 Å². The molecule has 0 aliphatic rings. The number of hydrogen-bond acceptors (Lipinski definition) is 3. The van der Waals surface area contributed by atoms with Gasteiger partial charge in [0.25, 0.3) is 10.0 Å². The molecule has 2 rings (SSSR count). The van der Waals surface area contributed by atoms with Crippen LogP contribution in [0.25, 0.3) is 0 Å². The highest BCUT2D eigenvalue weighted by atomic mass is 79.9. The largest absolute Gasteiger partial charge is 0.276 e. The third-order valence-electron chi connectivity index (χ3n) is 3.00. The van der Waals surface area contributed by atoms with Crippen LogP contribution < -0.4 is 4.83 Å². The van der Waals surface area contributed by atoms with Gasteiger partial charge >= 0.3 is 0 Å². The fourth-order valence-electron chi connectivity index (χ4n) is 1.83. The molecule has 0 amide bonds. The number of rotatable bonds is 5. The molecule has 0 atom stereocenters. The van der Waals surface area contributed by atoms with Crippen LogP contribution in [0.5, 0.6) is 0 Å². The SMILES string of the molecule is CCC(=NNS(=O)(=O)c1ccc(Br)cc1)c1ccc(Cl)cc1Cl. The van der Waals surface area contributed by atoms with Crippen LogP contribution in [-0.2, 0) is 10.0 Å². The maximum atomic E-state index is 12.2. The minimum absolute atomic E-state index is 0.127. The number of nitrogens with zero attached hydrogens (tertiary/aromatic N) is 1. The van der Waals surface area contributed by atoms with E-state index in [-0.39, 0.29) is 4.90 Å². The van der Waals surface area contributed by atoms with Gasteiger partial charge in [-0.2, -0.15) is 18.4 Å². The van der Waals surface area contributed by atoms with Gasteiger partial charge in [0.15, 0.2) is 0 Å². The maximum Gasteiger partial charge on any atom is 0.276 e. The van der Waals surface area contributed by atoms with Crippen molar-refractivity contribution in [3.8, 4) is 0 Å². The molecule has 0 spiro atoms. The topological polar surface area (TPSA) is 58.5 Å². The van der Waals surface area contributed by atoms with Gasteiger partial charge < -0.3 is 0 Å². The molecule has 0 aliphatic carbocycles. The second-order valence-corrected chi connectivity index (χ2v) is 8.01. The lowest BCUT2D eigenvalue weighted by molar-refractivity contribution is 0.584. The van der Waals surface area contributed by atoms with Crippen molar-refractivity contribution >= 4 is 54.9 Å². The van der Waals surface area contributed by atoms with Crippen molar-refractivity contribution in [1.29, 1.82) is 0 Å². The van der Waals surface area contributed by atoms with Crippen LogP contribution >= 0.6 is 39.1 Å². The van der Waals surface area contributed by atoms with E-state index in [0.29, 0.717) is 27.7 Å². The summed E-state index contributed by atoms with van der Waals surface area (Å²) in [7, 11) is -3.74. The van der Waals surface area contributed by atoms with Crippen LogP contribution in [0, 0.1) is 0 Å². The standard InChI is InChI=1S/C15H13BrCl2N2O2S/c1-2-15(13-8-5-11(17)9-14(13)18)19-20-23(21,22)12-6-3-10(16)4-7-12/h3-9,20H,2H2,1H3. The van der Waals surface area contributed by atoms with E-state index in [1.807, 2.05) is 6.92 Å². The monoisotopic (exact) mass is 434 g/mol. The summed E-state index contributed by atoms with van der Waals surface area (Å²) in [5, 5.41) is 4.93. The second kappa shape index (κ2) is 7.66. The average molecular weight is 436 g/mol. The Morgan fingerprint density at radius 3 is 2.39 bits per heavy atom. The van der Waals surface area contributed by atoms with E-state index in [9.17, 15) is 8.42 Å². The van der Waals surface area contributed by atoms with Crippen LogP contribution in [0.3, 0.4) is 0 Å². The molecule has 0 saturated heterocycles. The Kier molecular flexibility index (Phi) is 6.08. The van der Waals surface area contributed by atoms with E-state index in [0.717, 1.165) is 4.47 Å². The van der Waals surface area contributed by atoms with Crippen molar-refractivity contribution in [2.75, 3.05) is 0 Å². The summed E-state index contributed by atoms with van der Waals surface area (Å²) < 4.78 is 25.3. The van der Waals surface area contributed by atoms with E-state index in [1.165, 1.54) is 12.1 Å². The Hall–Kier alpha value is -1.08. The molecule has 0 radical (unpaired) electrons. The van der Waals surface area contributed by atoms with Gasteiger partial charge in [-0.15, -0.1) is 0 Å². The molecule has 0 aliphatic heterocycles. The highest BCUT2D eigenvalue weighted by molar-refractivity contribution is 9.10. The Morgan fingerprint density at radius 2 is 1.83 bits per heavy atom. The number of hydrogen-bond donors (Lipinski definition) is 1. The zero-order chi connectivity index (χ0) is 17.0. The van der Waals surface area contributed by atoms with Gasteiger partial charge in [-0.25, -0.2) is 0 Å². The zero-order valence-corrected chi connectivity index (χ0v) is 16.0. The summed E-state index contributed by atoms with van der Waals surface area (Å²) >= 11 is 15.3. The normalized spacial score (nSPS) is 12.3. The van der Waals surface area contributed by atoms with Crippen LogP contribution in [0.1, 0.15) is 18.9 Å². The third-order valence-corrected chi connectivity index (χ3v) is 5.30. The van der Waals surface area contributed by atoms with E-state index in [4.69, 9.17) is 23.2 Å². The van der Waals surface area contributed by atoms with E-state index >= 15 is 0 Å². The zero-order valence-electron chi connectivity index (χ0n) is 12.1. The van der Waals surface area contributed by atoms with Gasteiger partial charge in [-0.3, -0.25) is 0 Å². The Bertz CT molecular complexity index is 837. The molecule has 0 bridgehead atoms. The molecule has 122 valence electrons. The summed E-state index contributed by atoms with van der Waals surface area (Å²) in [5.41, 5.74) is 1.16. The fraction of sp³-hybridized carbons (Fsp3) is 0.133. The molecule has 2 aromatic rings. The van der Waals surface area contributed by atoms with Crippen molar-refractivity contribution in [2.45, 2.75) is 18.2 Å². The minimum Gasteiger partial charge on any atom is -0.200 e. The van der Waals surface area contributed by atoms with Gasteiger partial charge in [0.1, 0.15) is 0 Å². The number of nitrogens with one attached hydrogen (secondary N) is 1. The highest BCUT2D eigenvalue weighted by Gasteiger charge is 2.14. The van der Waals surface area contributed by atoms with Crippen molar-refractivity contribution < 1.29 is 8.42 Å². The van der Waals surface area contributed by atoms with Crippen molar-refractivity contribution in [2.24, 2.45) is 5.10 Å². The molecule has 0 aromatic heterocycles. The fourth-order valence-corrected chi connectivity index (χ4v) is 3.45. The minimum atomic E-state index is -3.74. The molecular weight excluding hydrogens is 423 g/mol. The third kappa shape index (κ3) is 4.70. The maximum absolute atomic E-state index is 12.2. The van der Waals surface area contributed by atoms with Crippen LogP contribution in [0.4, 0.5) is 0 Å². The highest BCUT2D eigenvalue weighted by Crippen LogP contribution is 2.22. The van der Waals surface area contributed by atoms with E-state index < -0.39 is 10.0 Å². The first-order chi connectivity index (χ1) is 10.8. The Morgan fingerprint density at radius 1 is 1.17 bits per heavy atom. The predicted molar refractivity (Wildman–Crippen MR) is 97.8 cm³/mol. The Balaban J connectivity index is 2.30. The molecule has 23 heavy (non-hydrogen) atoms. The lowest BCUT2D eigenvalue weighted by Crippen LogP contribution is -2.20. The molecular formula is C15H13BrCl2N2O2S. The number of benzene rings is 2. The van der Waals surface area contributed by atoms with Crippen molar-refractivity contribution in [1.82, 2.24) is 4.83 Å². The van der Waals surface area contributed by atoms with Gasteiger partial charge in [0.05, 0.1) is 15.6 Å². The van der Waals surface area contributed by atoms with Crippen LogP contribution in [-0.4, -0.2) is 14.1 Å². The lowest BCUT2D eigenvalue weighted by atomic mass is 10.1. The van der Waals surface area contributed by atoms with Crippen molar-refractivity contribution in [3.05, 3.63) is 62.5 Å². The second-order valence-electron chi connectivity index (χ2n) is 4.58. The summed E-state index contributed by atoms with van der Waals surface area (Å²) in [6, 6.07) is 11.3. The molecule has 0 unspecified atom stereocenters. The average Bonchev–Trinajstić information content (AvgIpc) is 2.50. The predicted octanol–water partition coefficient (Wildman–Crippen LogP) is 4.85. The summed E-state index contributed by atoms with van der Waals surface area (Å²) in [5.74, 6) is 0. The molecule has 2 aromatic carbocycles. The number of hydrazone groups is 1. The quantitative estimate of drug-likeness (QED) is 0.539. The smallest absolute Gasteiger partial charge is 0.200 e. The first-order valence-corrected chi connectivity index (χ1v) is 9.66. The number of halogens is 3. The van der Waals surface area contributed by atoms with E-state index in [1.54, 1.807) is 30.3 Å². The number of sulfonamides is 1. The van der Waals surface area contributed by atoms with Gasteiger partial charge in [-0.05, 0) is 42.8 Å². The van der Waals surface area contributed by atoms with Crippen LogP contribution in [0.15, 0.2) is 56.9 Å². The van der Waals surface area contributed by atoms with Gasteiger partial charge in [0, 0.05) is 15.1 Å². The Labute approximate surface area is 153 Å². The molecule has 4 nitrogen and oxygen atoms in total. The van der Waals surface area contributed by atoms with Gasteiger partial charge in [0.2, 0.25) is 0 Å². The van der Waals surface area contributed by atoms with Crippen molar-refractivity contribution in [3.63, 3.8) is 0 Å². The molecule has 0 heterocycles. The summed E-state index contributed by atoms with van der Waals surface area (Å²) in [6.07, 6.45) is 0.504. The first kappa shape index (κ1) is 18.3. The molecule has 8 heteroatoms.